The molecule has 6 N–H and O–H groups in total. The fraction of sp³-hybridized carbons (Fsp3) is 0.353. The first kappa shape index (κ1) is 42.2. The molecule has 22 heteroatoms. The van der Waals surface area contributed by atoms with Crippen molar-refractivity contribution in [1.82, 2.24) is 28.5 Å². The molecule has 2 aromatic heterocycles. The number of hydrogen-bond acceptors (Lipinski definition) is 14. The van der Waals surface area contributed by atoms with Crippen LogP contribution in [0.25, 0.3) is 0 Å². The first-order chi connectivity index (χ1) is 26.3. The summed E-state index contributed by atoms with van der Waals surface area (Å²) in [4.78, 5) is 28.6. The highest BCUT2D eigenvalue weighted by Crippen LogP contribution is 2.24. The molecule has 0 aliphatic carbocycles. The van der Waals surface area contributed by atoms with Gasteiger partial charge in [0.05, 0.1) is 39.6 Å². The van der Waals surface area contributed by atoms with Crippen molar-refractivity contribution in [2.24, 2.45) is 0 Å². The van der Waals surface area contributed by atoms with E-state index >= 15 is 0 Å². The van der Waals surface area contributed by atoms with Gasteiger partial charge in [0.2, 0.25) is 37.7 Å². The number of nitrogens with zero attached hydrogens (tertiary/aromatic N) is 6. The molecule has 0 radical (unpaired) electrons. The molecule has 300 valence electrons. The number of thiocarbonyl (C=S) groups is 1. The maximum absolute atomic E-state index is 14.0. The number of nitrogens with two attached hydrogens (primary N) is 2. The van der Waals surface area contributed by atoms with E-state index in [-0.39, 0.29) is 57.2 Å². The average Bonchev–Trinajstić information content (AvgIpc) is 3.11. The fourth-order valence-corrected chi connectivity index (χ4v) is 8.11. The normalized spacial score (nSPS) is 16.1. The van der Waals surface area contributed by atoms with Gasteiger partial charge in [-0.2, -0.15) is 9.97 Å². The molecule has 0 unspecified atom stereocenters. The van der Waals surface area contributed by atoms with E-state index in [9.17, 15) is 39.2 Å². The van der Waals surface area contributed by atoms with Crippen LogP contribution in [0.2, 0.25) is 0 Å². The second-order valence-electron chi connectivity index (χ2n) is 13.0. The summed E-state index contributed by atoms with van der Waals surface area (Å²) in [6, 6.07) is 6.50. The van der Waals surface area contributed by atoms with E-state index in [1.807, 2.05) is 0 Å². The second kappa shape index (κ2) is 17.5. The van der Waals surface area contributed by atoms with Gasteiger partial charge < -0.3 is 22.1 Å². The maximum Gasteiger partial charge on any atom is 0.224 e. The molecule has 2 aliphatic heterocycles. The smallest absolute Gasteiger partial charge is 0.224 e. The molecule has 0 bridgehead atoms. The topological polar surface area (TPSA) is 219 Å². The highest BCUT2D eigenvalue weighted by Gasteiger charge is 2.28. The average molecular weight is 839 g/mol. The van der Waals surface area contributed by atoms with Crippen LogP contribution in [0.1, 0.15) is 52.7 Å². The van der Waals surface area contributed by atoms with Gasteiger partial charge in [-0.3, -0.25) is 4.79 Å². The predicted molar refractivity (Wildman–Crippen MR) is 206 cm³/mol. The van der Waals surface area contributed by atoms with E-state index in [2.05, 4.69) is 30.6 Å². The van der Waals surface area contributed by atoms with E-state index in [4.69, 9.17) is 23.7 Å². The predicted octanol–water partition coefficient (Wildman–Crippen LogP) is 3.34. The molecule has 0 saturated carbocycles. The monoisotopic (exact) mass is 838 g/mol. The molecular formula is C34H38F4N10O5S3. The number of anilines is 4. The van der Waals surface area contributed by atoms with Gasteiger partial charge in [-0.05, 0) is 49.9 Å². The van der Waals surface area contributed by atoms with Gasteiger partial charge in [-0.15, -0.1) is 0 Å². The lowest BCUT2D eigenvalue weighted by atomic mass is 10.0. The minimum atomic E-state index is -3.22. The van der Waals surface area contributed by atoms with Crippen LogP contribution in [0.4, 0.5) is 41.1 Å². The molecule has 2 fully saturated rings. The molecule has 6 rings (SSSR count). The van der Waals surface area contributed by atoms with Gasteiger partial charge in [0, 0.05) is 50.7 Å². The Morgan fingerprint density at radius 3 is 1.39 bits per heavy atom. The second-order valence-corrected chi connectivity index (χ2v) is 17.4. The van der Waals surface area contributed by atoms with Crippen LogP contribution in [0.5, 0.6) is 0 Å². The van der Waals surface area contributed by atoms with Crippen LogP contribution >= 0.6 is 12.2 Å². The summed E-state index contributed by atoms with van der Waals surface area (Å²) < 4.78 is 105. The van der Waals surface area contributed by atoms with Gasteiger partial charge in [0.1, 0.15) is 34.9 Å². The number of aromatic nitrogens is 4. The lowest BCUT2D eigenvalue weighted by Crippen LogP contribution is -2.42. The number of rotatable bonds is 10. The Morgan fingerprint density at radius 2 is 1.04 bits per heavy atom. The summed E-state index contributed by atoms with van der Waals surface area (Å²) in [6.07, 6.45) is 7.08. The molecule has 2 aliphatic rings. The molecule has 4 heterocycles. The van der Waals surface area contributed by atoms with Crippen molar-refractivity contribution in [2.75, 3.05) is 60.8 Å². The number of carbonyl (C=O) groups excluding carboxylic acids is 1. The molecule has 0 amide bonds. The van der Waals surface area contributed by atoms with Crippen molar-refractivity contribution in [3.8, 4) is 0 Å². The van der Waals surface area contributed by atoms with E-state index in [1.54, 1.807) is 0 Å². The Balaban J connectivity index is 0.000000214. The zero-order valence-electron chi connectivity index (χ0n) is 30.0. The molecule has 2 aromatic carbocycles. The van der Waals surface area contributed by atoms with Crippen LogP contribution in [-0.2, 0) is 20.0 Å². The lowest BCUT2D eigenvalue weighted by molar-refractivity contribution is 0.103. The third kappa shape index (κ3) is 10.3. The SMILES string of the molecule is CS(=O)(=O)N1CCC(Nc2ncc(C(=O)c3c(F)cccc3F)c(N)n2)CC1.CS(=O)(=O)N1CCC(Nc2ncc(C(=S)c3c(F)cccc3F)c(N)n2)CC1. The van der Waals surface area contributed by atoms with E-state index < -0.39 is 54.7 Å². The summed E-state index contributed by atoms with van der Waals surface area (Å²) in [5.74, 6) is -4.32. The summed E-state index contributed by atoms with van der Waals surface area (Å²) >= 11 is 5.18. The van der Waals surface area contributed by atoms with Crippen molar-refractivity contribution in [2.45, 2.75) is 37.8 Å². The highest BCUT2D eigenvalue weighted by atomic mass is 32.2. The molecule has 56 heavy (non-hydrogen) atoms. The van der Waals surface area contributed by atoms with Gasteiger partial charge in [-0.25, -0.2) is 53.0 Å². The number of hydrogen-bond donors (Lipinski definition) is 4. The standard InChI is InChI=1S/C17H19F2N5O3S.C17H19F2N5O2S2/c1-28(26,27)24-7-5-10(6-8-24)22-17-21-9-11(16(20)23-17)15(25)14-12(18)3-2-4-13(14)19;1-28(25,26)24-7-5-10(6-8-24)22-17-21-9-11(16(20)23-17)15(27)14-12(18)3-2-4-13(14)19/h2*2-4,9-10H,5-8H2,1H3,(H3,20,21,22,23). The van der Waals surface area contributed by atoms with Crippen LogP contribution in [0, 0.1) is 23.3 Å². The number of ketones is 1. The van der Waals surface area contributed by atoms with Crippen LogP contribution in [0.3, 0.4) is 0 Å². The molecule has 2 saturated heterocycles. The molecule has 4 aromatic rings. The number of nitrogen functional groups attached to an aromatic ring is 2. The summed E-state index contributed by atoms with van der Waals surface area (Å²) in [5.41, 5.74) is 10.6. The maximum atomic E-state index is 14.0. The number of benzene rings is 2. The third-order valence-corrected chi connectivity index (χ3v) is 12.0. The van der Waals surface area contributed by atoms with Crippen molar-refractivity contribution in [3.63, 3.8) is 0 Å². The number of halogens is 4. The zero-order chi connectivity index (χ0) is 40.9. The lowest BCUT2D eigenvalue weighted by Gasteiger charge is -2.30. The van der Waals surface area contributed by atoms with Crippen LogP contribution in [-0.4, -0.2) is 107 Å². The van der Waals surface area contributed by atoms with Crippen molar-refractivity contribution in [3.05, 3.63) is 94.3 Å². The third-order valence-electron chi connectivity index (χ3n) is 9.02. The van der Waals surface area contributed by atoms with E-state index in [0.29, 0.717) is 51.9 Å². The first-order valence-electron chi connectivity index (χ1n) is 17.0. The van der Waals surface area contributed by atoms with Gasteiger partial charge in [0.25, 0.3) is 0 Å². The Hall–Kier alpha value is -4.90. The fourth-order valence-electron chi connectivity index (χ4n) is 6.01. The summed E-state index contributed by atoms with van der Waals surface area (Å²) in [5, 5.41) is 6.15. The Bertz CT molecular complexity index is 2140. The van der Waals surface area contributed by atoms with Crippen molar-refractivity contribution in [1.29, 1.82) is 0 Å². The highest BCUT2D eigenvalue weighted by molar-refractivity contribution is 7.88. The van der Waals surface area contributed by atoms with Crippen molar-refractivity contribution >= 4 is 66.4 Å². The van der Waals surface area contributed by atoms with E-state index in [1.165, 1.54) is 33.4 Å². The van der Waals surface area contributed by atoms with Gasteiger partial charge >= 0.3 is 0 Å². The summed E-state index contributed by atoms with van der Waals surface area (Å²) in [6.45, 7) is 1.55. The molecule has 15 nitrogen and oxygen atoms in total. The molecule has 0 atom stereocenters. The number of carbonyl (C=O) groups is 1. The first-order valence-corrected chi connectivity index (χ1v) is 21.1. The number of piperidine rings is 2. The molecular weight excluding hydrogens is 801 g/mol. The zero-order valence-corrected chi connectivity index (χ0v) is 32.5. The largest absolute Gasteiger partial charge is 0.383 e. The number of sulfonamides is 2. The Kier molecular flexibility index (Phi) is 13.2. The van der Waals surface area contributed by atoms with Gasteiger partial charge in [-0.1, -0.05) is 24.4 Å². The van der Waals surface area contributed by atoms with E-state index in [0.717, 1.165) is 36.5 Å². The number of nitrogens with one attached hydrogen (secondary N) is 2. The quantitative estimate of drug-likeness (QED) is 0.102. The van der Waals surface area contributed by atoms with Gasteiger partial charge in [0.15, 0.2) is 0 Å². The Morgan fingerprint density at radius 1 is 0.679 bits per heavy atom. The van der Waals surface area contributed by atoms with Crippen LogP contribution in [0.15, 0.2) is 48.8 Å². The minimum absolute atomic E-state index is 0.00118. The minimum Gasteiger partial charge on any atom is -0.383 e. The van der Waals surface area contributed by atoms with Crippen LogP contribution < -0.4 is 22.1 Å². The summed E-state index contributed by atoms with van der Waals surface area (Å²) in [7, 11) is -6.42. The molecule has 0 spiro atoms. The van der Waals surface area contributed by atoms with Crippen molar-refractivity contribution < 1.29 is 39.2 Å². The Labute approximate surface area is 326 Å².